The smallest absolute Gasteiger partial charge is 0.257 e. The van der Waals surface area contributed by atoms with Crippen LogP contribution in [-0.4, -0.2) is 79.9 Å². The Kier molecular flexibility index (Phi) is 8.14. The second-order valence-corrected chi connectivity index (χ2v) is 10.7. The molecule has 1 aliphatic heterocycles. The fourth-order valence-electron chi connectivity index (χ4n) is 5.35. The average molecular weight is 588 g/mol. The van der Waals surface area contributed by atoms with Gasteiger partial charge in [0.15, 0.2) is 11.6 Å². The number of nitrogens with one attached hydrogen (secondary N) is 3. The average Bonchev–Trinajstić information content (AvgIpc) is 3.62. The van der Waals surface area contributed by atoms with Crippen LogP contribution in [0.3, 0.4) is 0 Å². The molecule has 0 unspecified atom stereocenters. The van der Waals surface area contributed by atoms with Crippen LogP contribution in [0.25, 0.3) is 22.2 Å². The molecule has 10 nitrogen and oxygen atoms in total. The number of nitrogens with zero attached hydrogens (tertiary/aromatic N) is 4. The van der Waals surface area contributed by atoms with Gasteiger partial charge in [-0.05, 0) is 47.5 Å². The number of benzene rings is 2. The monoisotopic (exact) mass is 587 g/mol. The van der Waals surface area contributed by atoms with Gasteiger partial charge < -0.3 is 20.4 Å². The van der Waals surface area contributed by atoms with Crippen LogP contribution in [0, 0.1) is 11.6 Å². The number of H-pyrrole nitrogens is 2. The van der Waals surface area contributed by atoms with E-state index in [0.717, 1.165) is 55.8 Å². The third-order valence-electron chi connectivity index (χ3n) is 7.65. The topological polar surface area (TPSA) is 122 Å². The molecule has 2 aromatic carbocycles. The van der Waals surface area contributed by atoms with Gasteiger partial charge in [-0.2, -0.15) is 5.10 Å². The fraction of sp³-hybridized carbons (Fsp3) is 0.258. The molecular formula is C31H31F2N7O3. The predicted octanol–water partition coefficient (Wildman–Crippen LogP) is 3.41. The molecular weight excluding hydrogens is 556 g/mol. The Morgan fingerprint density at radius 2 is 1.72 bits per heavy atom. The molecule has 1 fully saturated rings. The number of rotatable bonds is 9. The first-order chi connectivity index (χ1) is 20.8. The molecule has 0 saturated carbocycles. The molecule has 1 aliphatic rings. The molecule has 1 amide bonds. The molecule has 222 valence electrons. The summed E-state index contributed by atoms with van der Waals surface area (Å²) in [5.74, 6) is -2.30. The van der Waals surface area contributed by atoms with E-state index in [1.165, 1.54) is 34.8 Å². The number of fused-ring (bicyclic) bond motifs is 1. The number of aromatic nitrogens is 4. The molecule has 43 heavy (non-hydrogen) atoms. The molecule has 3 aromatic heterocycles. The van der Waals surface area contributed by atoms with Gasteiger partial charge in [0.2, 0.25) is 0 Å². The summed E-state index contributed by atoms with van der Waals surface area (Å²) < 4.78 is 28.2. The lowest BCUT2D eigenvalue weighted by atomic mass is 10.1. The number of anilines is 1. The minimum atomic E-state index is -0.938. The molecule has 0 atom stereocenters. The first-order valence-electron chi connectivity index (χ1n) is 14.0. The predicted molar refractivity (Wildman–Crippen MR) is 159 cm³/mol. The van der Waals surface area contributed by atoms with E-state index in [9.17, 15) is 18.4 Å². The Bertz CT molecular complexity index is 1820. The van der Waals surface area contributed by atoms with Crippen molar-refractivity contribution in [3.8, 4) is 11.3 Å². The molecule has 12 heteroatoms. The van der Waals surface area contributed by atoms with Gasteiger partial charge in [-0.1, -0.05) is 12.1 Å². The highest BCUT2D eigenvalue weighted by Gasteiger charge is 2.17. The number of carbonyl (C=O) groups is 1. The maximum atomic E-state index is 13.5. The first-order valence-corrected chi connectivity index (χ1v) is 14.0. The Morgan fingerprint density at radius 1 is 0.953 bits per heavy atom. The van der Waals surface area contributed by atoms with Crippen LogP contribution >= 0.6 is 0 Å². The van der Waals surface area contributed by atoms with Gasteiger partial charge >= 0.3 is 0 Å². The third kappa shape index (κ3) is 6.56. The van der Waals surface area contributed by atoms with Crippen LogP contribution in [0.2, 0.25) is 0 Å². The van der Waals surface area contributed by atoms with Crippen LogP contribution in [0.1, 0.15) is 21.5 Å². The molecule has 1 saturated heterocycles. The minimum absolute atomic E-state index is 0.179. The quantitative estimate of drug-likeness (QED) is 0.210. The van der Waals surface area contributed by atoms with Crippen molar-refractivity contribution in [3.05, 3.63) is 106 Å². The fourth-order valence-corrected chi connectivity index (χ4v) is 5.35. The van der Waals surface area contributed by atoms with Crippen molar-refractivity contribution >= 4 is 22.5 Å². The second-order valence-electron chi connectivity index (χ2n) is 10.7. The van der Waals surface area contributed by atoms with Crippen molar-refractivity contribution in [2.45, 2.75) is 13.1 Å². The molecule has 4 heterocycles. The Balaban J connectivity index is 1.14. The molecule has 4 N–H and O–H groups in total. The van der Waals surface area contributed by atoms with Crippen molar-refractivity contribution in [3.63, 3.8) is 0 Å². The number of halogens is 2. The van der Waals surface area contributed by atoms with E-state index >= 15 is 0 Å². The van der Waals surface area contributed by atoms with Crippen LogP contribution in [-0.2, 0) is 13.1 Å². The first kappa shape index (κ1) is 28.5. The summed E-state index contributed by atoms with van der Waals surface area (Å²) in [5, 5.41) is 17.1. The number of aliphatic hydroxyl groups is 1. The van der Waals surface area contributed by atoms with Crippen molar-refractivity contribution in [2.24, 2.45) is 0 Å². The normalized spacial score (nSPS) is 14.4. The van der Waals surface area contributed by atoms with Gasteiger partial charge in [0, 0.05) is 62.6 Å². The van der Waals surface area contributed by atoms with Gasteiger partial charge in [-0.3, -0.25) is 24.1 Å². The highest BCUT2D eigenvalue weighted by atomic mass is 19.2. The van der Waals surface area contributed by atoms with E-state index < -0.39 is 17.5 Å². The zero-order chi connectivity index (χ0) is 29.9. The number of amides is 1. The van der Waals surface area contributed by atoms with Crippen LogP contribution in [0.4, 0.5) is 14.5 Å². The van der Waals surface area contributed by atoms with Gasteiger partial charge in [-0.15, -0.1) is 0 Å². The third-order valence-corrected chi connectivity index (χ3v) is 7.65. The van der Waals surface area contributed by atoms with Crippen molar-refractivity contribution < 1.29 is 18.7 Å². The SMILES string of the molecule is O=C(Nc1cnn(Cc2ccc(F)c(F)c2)c1)c1c[nH]c(=O)c(-c2cc3cc(CN4CCN(CCO)CC4)ccc3[nH]2)c1. The summed E-state index contributed by atoms with van der Waals surface area (Å²) in [5.41, 5.74) is 3.83. The molecule has 0 spiro atoms. The second kappa shape index (κ2) is 12.3. The minimum Gasteiger partial charge on any atom is -0.395 e. The molecule has 6 rings (SSSR count). The van der Waals surface area contributed by atoms with E-state index in [-0.39, 0.29) is 24.3 Å². The number of piperazine rings is 1. The summed E-state index contributed by atoms with van der Waals surface area (Å²) >= 11 is 0. The maximum absolute atomic E-state index is 13.5. The van der Waals surface area contributed by atoms with E-state index in [1.807, 2.05) is 12.1 Å². The summed E-state index contributed by atoms with van der Waals surface area (Å²) in [6, 6.07) is 13.3. The number of pyridine rings is 1. The highest BCUT2D eigenvalue weighted by molar-refractivity contribution is 6.04. The molecule has 0 aliphatic carbocycles. The van der Waals surface area contributed by atoms with Gasteiger partial charge in [0.25, 0.3) is 11.5 Å². The number of carbonyl (C=O) groups excluding carboxylic acids is 1. The van der Waals surface area contributed by atoms with Crippen molar-refractivity contribution in [1.29, 1.82) is 0 Å². The summed E-state index contributed by atoms with van der Waals surface area (Å²) in [6.45, 7) is 5.65. The van der Waals surface area contributed by atoms with Gasteiger partial charge in [-0.25, -0.2) is 8.78 Å². The summed E-state index contributed by atoms with van der Waals surface area (Å²) in [4.78, 5) is 36.4. The van der Waals surface area contributed by atoms with E-state index in [4.69, 9.17) is 5.11 Å². The summed E-state index contributed by atoms with van der Waals surface area (Å²) in [6.07, 6.45) is 4.39. The van der Waals surface area contributed by atoms with Gasteiger partial charge in [0.05, 0.1) is 41.9 Å². The molecule has 0 radical (unpaired) electrons. The van der Waals surface area contributed by atoms with E-state index in [0.29, 0.717) is 29.1 Å². The molecule has 5 aromatic rings. The maximum Gasteiger partial charge on any atom is 0.257 e. The Hall–Kier alpha value is -4.65. The largest absolute Gasteiger partial charge is 0.395 e. The number of aliphatic hydroxyl groups excluding tert-OH is 1. The lowest BCUT2D eigenvalue weighted by molar-refractivity contribution is 0.102. The van der Waals surface area contributed by atoms with Crippen LogP contribution < -0.4 is 10.9 Å². The van der Waals surface area contributed by atoms with Crippen LogP contribution in [0.5, 0.6) is 0 Å². The number of hydrogen-bond donors (Lipinski definition) is 4. The lowest BCUT2D eigenvalue weighted by Crippen LogP contribution is -2.46. The van der Waals surface area contributed by atoms with Crippen molar-refractivity contribution in [2.75, 3.05) is 44.6 Å². The Morgan fingerprint density at radius 3 is 2.51 bits per heavy atom. The number of β-amino-alcohol motifs (C(OH)–C–C–N with tert-alkyl or cyclic N) is 1. The summed E-state index contributed by atoms with van der Waals surface area (Å²) in [7, 11) is 0. The van der Waals surface area contributed by atoms with Crippen LogP contribution in [0.15, 0.2) is 71.9 Å². The zero-order valence-corrected chi connectivity index (χ0v) is 23.3. The van der Waals surface area contributed by atoms with Gasteiger partial charge in [0.1, 0.15) is 0 Å². The standard InChI is InChI=1S/C31H31F2N7O3/c32-26-3-1-21(12-27(26)33)18-40-19-24(16-35-40)36-30(42)23-13-25(31(43)34-15-23)29-14-22-11-20(2-4-28(22)37-29)17-39-7-5-38(6-8-39)9-10-41/h1-4,11-16,19,37,41H,5-10,17-18H2,(H,34,43)(H,36,42). The number of aromatic amines is 2. The lowest BCUT2D eigenvalue weighted by Gasteiger charge is -2.34. The van der Waals surface area contributed by atoms with E-state index in [2.05, 4.69) is 42.3 Å². The Labute approximate surface area is 245 Å². The van der Waals surface area contributed by atoms with E-state index in [1.54, 1.807) is 6.20 Å². The zero-order valence-electron chi connectivity index (χ0n) is 23.3. The molecule has 0 bridgehead atoms. The van der Waals surface area contributed by atoms with Crippen molar-refractivity contribution in [1.82, 2.24) is 29.5 Å². The highest BCUT2D eigenvalue weighted by Crippen LogP contribution is 2.24. The number of hydrogen-bond acceptors (Lipinski definition) is 6.